The van der Waals surface area contributed by atoms with E-state index in [1.165, 1.54) is 44.9 Å². The zero-order valence-corrected chi connectivity index (χ0v) is 28.7. The van der Waals surface area contributed by atoms with Crippen LogP contribution < -0.4 is 0 Å². The molecule has 0 heterocycles. The number of rotatable bonds is 1. The van der Waals surface area contributed by atoms with E-state index in [2.05, 4.69) is 27.7 Å². The van der Waals surface area contributed by atoms with Gasteiger partial charge in [0.2, 0.25) is 0 Å². The molecule has 0 radical (unpaired) electrons. The van der Waals surface area contributed by atoms with Gasteiger partial charge in [-0.05, 0) is 142 Å². The number of hydrogen-bond acceptors (Lipinski definition) is 5. The summed E-state index contributed by atoms with van der Waals surface area (Å²) in [5.41, 5.74) is 5.70. The fourth-order valence-corrected chi connectivity index (χ4v) is 15.2. The lowest BCUT2D eigenvalue weighted by molar-refractivity contribution is -0.168. The van der Waals surface area contributed by atoms with E-state index in [-0.39, 0.29) is 35.4 Å². The van der Waals surface area contributed by atoms with E-state index in [1.54, 1.807) is 22.3 Å². The Labute approximate surface area is 276 Å². The van der Waals surface area contributed by atoms with Gasteiger partial charge in [0.25, 0.3) is 0 Å². The molecule has 0 aromatic rings. The fourth-order valence-electron chi connectivity index (χ4n) is 15.2. The standard InChI is InChI=1S/C41H58O5/c1-20(2)34-23-9-6-5-8-22(23)24-10-7-11-25-26-13-12-21-16-28-29(17-31(42)30-18-32(43)33(44)19-39(28,30)3)41(46)15-14-27(40(21,41)4)36(26)38(45)37(34)35(24)25/h17,20-22,25-28,30,32-33,36-38,43-46H,5-16,18-19H2,1-4H3/t21-,22-,25-,26-,27+,28-,30-,32+,33-,36-,37-,38-,39+,40+,41+/m0/s1. The molecule has 0 aromatic heterocycles. The largest absolute Gasteiger partial charge is 0.392 e. The summed E-state index contributed by atoms with van der Waals surface area (Å²) in [4.78, 5) is 13.8. The van der Waals surface area contributed by atoms with Crippen molar-refractivity contribution < 1.29 is 25.2 Å². The Morgan fingerprint density at radius 2 is 1.65 bits per heavy atom. The highest BCUT2D eigenvalue weighted by atomic mass is 16.3. The molecule has 0 amide bonds. The van der Waals surface area contributed by atoms with Crippen molar-refractivity contribution in [3.05, 3.63) is 33.9 Å². The SMILES string of the molecule is CC(C)C1=C2CCCC[C@@H]2C2=C3[C@H]1[C@@H](O)[C@H]1[C@@H](CC[C@H]4C[C@H]5C(=CC(=O)[C@@H]6C[C@@H](O)[C@@H](O)C[C@@]65C)[C@]5(O)CC[C@H]1[C@@]45C)[C@@H]3CCC2. The Balaban J connectivity index is 1.17. The molecule has 5 heteroatoms. The van der Waals surface area contributed by atoms with Crippen LogP contribution in [0, 0.1) is 70.0 Å². The van der Waals surface area contributed by atoms with Crippen LogP contribution in [0.5, 0.6) is 0 Å². The fraction of sp³-hybridized carbons (Fsp3) is 0.829. The van der Waals surface area contributed by atoms with Gasteiger partial charge < -0.3 is 20.4 Å². The normalized spacial score (nSPS) is 54.2. The number of hydrogen-bond donors (Lipinski definition) is 4. The van der Waals surface area contributed by atoms with Gasteiger partial charge >= 0.3 is 0 Å². The van der Waals surface area contributed by atoms with Crippen molar-refractivity contribution in [2.45, 2.75) is 141 Å². The molecule has 9 rings (SSSR count). The predicted octanol–water partition coefficient (Wildman–Crippen LogP) is 6.69. The quantitative estimate of drug-likeness (QED) is 0.242. The van der Waals surface area contributed by atoms with Crippen LogP contribution in [0.4, 0.5) is 0 Å². The second kappa shape index (κ2) is 10.1. The molecule has 6 saturated carbocycles. The summed E-state index contributed by atoms with van der Waals surface area (Å²) in [6.07, 6.45) is 14.0. The number of aliphatic hydroxyl groups is 4. The molecule has 252 valence electrons. The summed E-state index contributed by atoms with van der Waals surface area (Å²) in [7, 11) is 0. The Morgan fingerprint density at radius 3 is 2.43 bits per heavy atom. The summed E-state index contributed by atoms with van der Waals surface area (Å²) in [6, 6.07) is 0. The van der Waals surface area contributed by atoms with Gasteiger partial charge in [-0.1, -0.05) is 56.4 Å². The summed E-state index contributed by atoms with van der Waals surface area (Å²) in [5.74, 6) is 2.69. The average molecular weight is 631 g/mol. The second-order valence-electron chi connectivity index (χ2n) is 18.6. The maximum atomic E-state index is 13.8. The van der Waals surface area contributed by atoms with E-state index in [4.69, 9.17) is 0 Å². The summed E-state index contributed by atoms with van der Waals surface area (Å²) in [5, 5.41) is 47.6. The number of carbonyl (C=O) groups excluding carboxylic acids is 1. The number of fused-ring (bicyclic) bond motifs is 9. The summed E-state index contributed by atoms with van der Waals surface area (Å²) in [6.45, 7) is 9.27. The van der Waals surface area contributed by atoms with E-state index in [1.807, 2.05) is 6.08 Å². The predicted molar refractivity (Wildman–Crippen MR) is 177 cm³/mol. The van der Waals surface area contributed by atoms with Gasteiger partial charge in [-0.25, -0.2) is 0 Å². The highest BCUT2D eigenvalue weighted by Gasteiger charge is 2.72. The Morgan fingerprint density at radius 1 is 0.870 bits per heavy atom. The van der Waals surface area contributed by atoms with Crippen LogP contribution in [-0.4, -0.2) is 50.1 Å². The highest BCUT2D eigenvalue weighted by Crippen LogP contribution is 2.74. The van der Waals surface area contributed by atoms with Crippen LogP contribution in [0.15, 0.2) is 33.9 Å². The van der Waals surface area contributed by atoms with E-state index < -0.39 is 34.7 Å². The smallest absolute Gasteiger partial charge is 0.159 e. The first-order valence-corrected chi connectivity index (χ1v) is 19.4. The van der Waals surface area contributed by atoms with Crippen LogP contribution in [0.2, 0.25) is 0 Å². The van der Waals surface area contributed by atoms with Gasteiger partial charge in [-0.3, -0.25) is 4.79 Å². The molecule has 46 heavy (non-hydrogen) atoms. The van der Waals surface area contributed by atoms with Crippen molar-refractivity contribution in [1.29, 1.82) is 0 Å². The van der Waals surface area contributed by atoms with Gasteiger partial charge in [0.05, 0.1) is 23.9 Å². The zero-order chi connectivity index (χ0) is 32.1. The van der Waals surface area contributed by atoms with Crippen molar-refractivity contribution >= 4 is 5.78 Å². The molecule has 15 atom stereocenters. The van der Waals surface area contributed by atoms with Crippen molar-refractivity contribution in [2.75, 3.05) is 0 Å². The molecule has 0 saturated heterocycles. The minimum absolute atomic E-state index is 0.0322. The summed E-state index contributed by atoms with van der Waals surface area (Å²) >= 11 is 0. The molecule has 4 N–H and O–H groups in total. The molecule has 9 aliphatic carbocycles. The Hall–Kier alpha value is -1.27. The summed E-state index contributed by atoms with van der Waals surface area (Å²) < 4.78 is 0. The van der Waals surface area contributed by atoms with E-state index in [0.29, 0.717) is 48.9 Å². The van der Waals surface area contributed by atoms with Crippen molar-refractivity contribution in [3.8, 4) is 0 Å². The third kappa shape index (κ3) is 3.65. The first-order valence-electron chi connectivity index (χ1n) is 19.4. The lowest BCUT2D eigenvalue weighted by Gasteiger charge is -2.63. The highest BCUT2D eigenvalue weighted by molar-refractivity contribution is 5.95. The molecule has 9 aliphatic rings. The van der Waals surface area contributed by atoms with Crippen molar-refractivity contribution in [3.63, 3.8) is 0 Å². The number of allylic oxidation sites excluding steroid dienone is 3. The molecular formula is C41H58O5. The maximum absolute atomic E-state index is 13.8. The lowest BCUT2D eigenvalue weighted by atomic mass is 9.42. The monoisotopic (exact) mass is 630 g/mol. The third-order valence-corrected chi connectivity index (χ3v) is 17.0. The molecule has 6 fully saturated rings. The van der Waals surface area contributed by atoms with Gasteiger partial charge in [0.1, 0.15) is 0 Å². The van der Waals surface area contributed by atoms with Crippen LogP contribution >= 0.6 is 0 Å². The van der Waals surface area contributed by atoms with Crippen molar-refractivity contribution in [1.82, 2.24) is 0 Å². The molecule has 0 bridgehead atoms. The second-order valence-corrected chi connectivity index (χ2v) is 18.6. The van der Waals surface area contributed by atoms with Crippen molar-refractivity contribution in [2.24, 2.45) is 70.0 Å². The number of aliphatic hydroxyl groups excluding tert-OH is 3. The van der Waals surface area contributed by atoms with E-state index in [9.17, 15) is 25.2 Å². The minimum Gasteiger partial charge on any atom is -0.392 e. The Bertz CT molecular complexity index is 1440. The molecule has 0 aromatic carbocycles. The molecular weight excluding hydrogens is 572 g/mol. The van der Waals surface area contributed by atoms with E-state index in [0.717, 1.165) is 31.3 Å². The van der Waals surface area contributed by atoms with Crippen LogP contribution in [0.25, 0.3) is 0 Å². The third-order valence-electron chi connectivity index (χ3n) is 17.0. The number of ketones is 1. The van der Waals surface area contributed by atoms with Gasteiger partial charge in [-0.2, -0.15) is 0 Å². The first kappa shape index (κ1) is 30.8. The molecule has 0 unspecified atom stereocenters. The van der Waals surface area contributed by atoms with Crippen LogP contribution in [0.3, 0.4) is 0 Å². The van der Waals surface area contributed by atoms with E-state index >= 15 is 0 Å². The average Bonchev–Trinajstić information content (AvgIpc) is 3.22. The molecule has 0 aliphatic heterocycles. The number of carbonyl (C=O) groups is 1. The molecule has 0 spiro atoms. The first-order chi connectivity index (χ1) is 21.9. The lowest BCUT2D eigenvalue weighted by Crippen LogP contribution is -2.64. The molecule has 5 nitrogen and oxygen atoms in total. The van der Waals surface area contributed by atoms with Crippen LogP contribution in [0.1, 0.15) is 118 Å². The topological polar surface area (TPSA) is 98.0 Å². The van der Waals surface area contributed by atoms with Crippen LogP contribution in [-0.2, 0) is 4.79 Å². The van der Waals surface area contributed by atoms with Gasteiger partial charge in [0.15, 0.2) is 5.78 Å². The zero-order valence-electron chi connectivity index (χ0n) is 28.7. The van der Waals surface area contributed by atoms with Gasteiger partial charge in [0, 0.05) is 23.2 Å². The minimum atomic E-state index is -1.07. The maximum Gasteiger partial charge on any atom is 0.159 e. The Kier molecular flexibility index (Phi) is 6.78. The van der Waals surface area contributed by atoms with Gasteiger partial charge in [-0.15, -0.1) is 0 Å².